The van der Waals surface area contributed by atoms with Crippen LogP contribution in [0.2, 0.25) is 0 Å². The topological polar surface area (TPSA) is 61.9 Å². The molecule has 1 aliphatic rings. The van der Waals surface area contributed by atoms with Crippen molar-refractivity contribution in [3.05, 3.63) is 54.1 Å². The molecule has 1 heterocycles. The summed E-state index contributed by atoms with van der Waals surface area (Å²) in [4.78, 5) is 27.8. The largest absolute Gasteiger partial charge is 0.495 e. The Balaban J connectivity index is 1.62. The molecule has 6 nitrogen and oxygen atoms in total. The number of anilines is 2. The average molecular weight is 375 g/mol. The predicted molar refractivity (Wildman–Crippen MR) is 96.8 cm³/mol. The maximum atomic E-state index is 13.6. The summed E-state index contributed by atoms with van der Waals surface area (Å²) in [5, 5.41) is 2.02. The zero-order chi connectivity index (χ0) is 19.4. The van der Waals surface area contributed by atoms with Gasteiger partial charge in [0.15, 0.2) is 0 Å². The molecule has 2 aromatic carbocycles. The van der Waals surface area contributed by atoms with Crippen molar-refractivity contribution in [1.29, 1.82) is 0 Å². The summed E-state index contributed by atoms with van der Waals surface area (Å²) < 4.78 is 32.6. The second-order valence-corrected chi connectivity index (χ2v) is 6.00. The van der Waals surface area contributed by atoms with Crippen LogP contribution in [0.3, 0.4) is 0 Å². The number of nitrogens with one attached hydrogen (secondary N) is 1. The lowest BCUT2D eigenvalue weighted by Gasteiger charge is -2.36. The summed E-state index contributed by atoms with van der Waals surface area (Å²) in [7, 11) is 1.59. The number of ether oxygens (including phenoxy) is 1. The van der Waals surface area contributed by atoms with Gasteiger partial charge in [-0.2, -0.15) is 0 Å². The number of halogens is 2. The third-order valence-electron chi connectivity index (χ3n) is 4.39. The van der Waals surface area contributed by atoms with Crippen molar-refractivity contribution in [1.82, 2.24) is 4.90 Å². The van der Waals surface area contributed by atoms with E-state index >= 15 is 0 Å². The first-order valence-corrected chi connectivity index (χ1v) is 8.43. The Labute approximate surface area is 155 Å². The Kier molecular flexibility index (Phi) is 5.54. The maximum Gasteiger partial charge on any atom is 0.314 e. The zero-order valence-corrected chi connectivity index (χ0v) is 14.7. The molecule has 2 amide bonds. The molecule has 0 radical (unpaired) electrons. The number of methoxy groups -OCH3 is 1. The Hall–Kier alpha value is -3.16. The van der Waals surface area contributed by atoms with Crippen LogP contribution in [0.15, 0.2) is 42.5 Å². The van der Waals surface area contributed by atoms with Crippen molar-refractivity contribution in [3.63, 3.8) is 0 Å². The molecule has 142 valence electrons. The number of hydrogen-bond donors (Lipinski definition) is 1. The summed E-state index contributed by atoms with van der Waals surface area (Å²) >= 11 is 0. The minimum absolute atomic E-state index is 0.310. The van der Waals surface area contributed by atoms with Gasteiger partial charge in [-0.05, 0) is 24.3 Å². The molecule has 0 aliphatic carbocycles. The lowest BCUT2D eigenvalue weighted by molar-refractivity contribution is -0.143. The van der Waals surface area contributed by atoms with E-state index in [2.05, 4.69) is 4.90 Å². The average Bonchev–Trinajstić information content (AvgIpc) is 2.70. The molecule has 1 fully saturated rings. The van der Waals surface area contributed by atoms with E-state index in [-0.39, 0.29) is 0 Å². The van der Waals surface area contributed by atoms with Crippen LogP contribution in [-0.4, -0.2) is 50.0 Å². The number of carbonyl (C=O) groups is 2. The molecular weight excluding hydrogens is 356 g/mol. The van der Waals surface area contributed by atoms with Crippen LogP contribution in [0, 0.1) is 11.6 Å². The van der Waals surface area contributed by atoms with Gasteiger partial charge in [0.2, 0.25) is 0 Å². The first-order valence-electron chi connectivity index (χ1n) is 8.43. The molecule has 0 aromatic heterocycles. The van der Waals surface area contributed by atoms with Gasteiger partial charge in [-0.1, -0.05) is 18.2 Å². The molecule has 2 aromatic rings. The summed E-state index contributed by atoms with van der Waals surface area (Å²) in [6.45, 7) is 1.63. The van der Waals surface area contributed by atoms with E-state index in [1.165, 1.54) is 11.0 Å². The molecule has 0 bridgehead atoms. The fraction of sp³-hybridized carbons (Fsp3) is 0.263. The lowest BCUT2D eigenvalue weighted by atomic mass is 10.2. The first kappa shape index (κ1) is 18.6. The summed E-state index contributed by atoms with van der Waals surface area (Å²) in [5.74, 6) is -3.03. The van der Waals surface area contributed by atoms with Crippen LogP contribution >= 0.6 is 0 Å². The predicted octanol–water partition coefficient (Wildman–Crippen LogP) is 2.26. The van der Waals surface area contributed by atoms with Gasteiger partial charge in [0.05, 0.1) is 12.8 Å². The van der Waals surface area contributed by atoms with Crippen LogP contribution in [-0.2, 0) is 9.59 Å². The first-order chi connectivity index (χ1) is 13.0. The highest BCUT2D eigenvalue weighted by Crippen LogP contribution is 2.28. The highest BCUT2D eigenvalue weighted by atomic mass is 19.1. The zero-order valence-electron chi connectivity index (χ0n) is 14.7. The monoisotopic (exact) mass is 375 g/mol. The molecule has 0 atom stereocenters. The summed E-state index contributed by atoms with van der Waals surface area (Å²) in [5.41, 5.74) is 0.286. The SMILES string of the molecule is COc1ccccc1N1CCN(C(=O)C(=O)Nc2c(F)cccc2F)CC1. The van der Waals surface area contributed by atoms with Crippen molar-refractivity contribution in [3.8, 4) is 5.75 Å². The highest BCUT2D eigenvalue weighted by molar-refractivity contribution is 6.39. The van der Waals surface area contributed by atoms with Gasteiger partial charge in [0.25, 0.3) is 0 Å². The molecule has 27 heavy (non-hydrogen) atoms. The van der Waals surface area contributed by atoms with E-state index in [4.69, 9.17) is 4.74 Å². The van der Waals surface area contributed by atoms with Crippen molar-refractivity contribution >= 4 is 23.2 Å². The second-order valence-electron chi connectivity index (χ2n) is 6.00. The molecule has 3 rings (SSSR count). The Morgan fingerprint density at radius 2 is 1.59 bits per heavy atom. The number of nitrogens with zero attached hydrogens (tertiary/aromatic N) is 2. The van der Waals surface area contributed by atoms with Gasteiger partial charge in [0.1, 0.15) is 23.1 Å². The van der Waals surface area contributed by atoms with Gasteiger partial charge in [0, 0.05) is 26.2 Å². The van der Waals surface area contributed by atoms with Crippen molar-refractivity contribution in [2.75, 3.05) is 43.5 Å². The third kappa shape index (κ3) is 3.99. The fourth-order valence-electron chi connectivity index (χ4n) is 2.97. The maximum absolute atomic E-state index is 13.6. The van der Waals surface area contributed by atoms with Gasteiger partial charge in [-0.3, -0.25) is 9.59 Å². The smallest absolute Gasteiger partial charge is 0.314 e. The molecule has 1 N–H and O–H groups in total. The lowest BCUT2D eigenvalue weighted by Crippen LogP contribution is -2.51. The molecule has 1 saturated heterocycles. The summed E-state index contributed by atoms with van der Waals surface area (Å²) in [6.07, 6.45) is 0. The molecule has 1 aliphatic heterocycles. The molecular formula is C19H19F2N3O3. The minimum Gasteiger partial charge on any atom is -0.495 e. The minimum atomic E-state index is -1.07. The Bertz CT molecular complexity index is 832. The van der Waals surface area contributed by atoms with E-state index < -0.39 is 29.1 Å². The number of rotatable bonds is 3. The Morgan fingerprint density at radius 3 is 2.22 bits per heavy atom. The Morgan fingerprint density at radius 1 is 0.963 bits per heavy atom. The standard InChI is InChI=1S/C19H19F2N3O3/c1-27-16-8-3-2-7-15(16)23-9-11-24(12-10-23)19(26)18(25)22-17-13(20)5-4-6-14(17)21/h2-8H,9-12H2,1H3,(H,22,25). The molecule has 0 spiro atoms. The van der Waals surface area contributed by atoms with Gasteiger partial charge >= 0.3 is 11.8 Å². The number of benzene rings is 2. The van der Waals surface area contributed by atoms with Crippen LogP contribution in [0.1, 0.15) is 0 Å². The van der Waals surface area contributed by atoms with Gasteiger partial charge in [-0.25, -0.2) is 8.78 Å². The quantitative estimate of drug-likeness (QED) is 0.836. The van der Waals surface area contributed by atoms with Gasteiger partial charge in [-0.15, -0.1) is 0 Å². The number of carbonyl (C=O) groups excluding carboxylic acids is 2. The van der Waals surface area contributed by atoms with Crippen molar-refractivity contribution in [2.45, 2.75) is 0 Å². The van der Waals surface area contributed by atoms with Crippen LogP contribution in [0.4, 0.5) is 20.2 Å². The van der Waals surface area contributed by atoms with Crippen molar-refractivity contribution < 1.29 is 23.1 Å². The van der Waals surface area contributed by atoms with Crippen LogP contribution < -0.4 is 15.0 Å². The van der Waals surface area contributed by atoms with Crippen LogP contribution in [0.25, 0.3) is 0 Å². The second kappa shape index (κ2) is 8.03. The van der Waals surface area contributed by atoms with E-state index in [1.807, 2.05) is 29.6 Å². The van der Waals surface area contributed by atoms with E-state index in [1.54, 1.807) is 7.11 Å². The van der Waals surface area contributed by atoms with E-state index in [9.17, 15) is 18.4 Å². The van der Waals surface area contributed by atoms with Crippen molar-refractivity contribution in [2.24, 2.45) is 0 Å². The molecule has 8 heteroatoms. The number of piperazine rings is 1. The number of para-hydroxylation sites is 3. The highest BCUT2D eigenvalue weighted by Gasteiger charge is 2.28. The third-order valence-corrected chi connectivity index (χ3v) is 4.39. The molecule has 0 unspecified atom stereocenters. The van der Waals surface area contributed by atoms with Crippen LogP contribution in [0.5, 0.6) is 5.75 Å². The van der Waals surface area contributed by atoms with E-state index in [0.717, 1.165) is 23.6 Å². The summed E-state index contributed by atoms with van der Waals surface area (Å²) in [6, 6.07) is 10.7. The van der Waals surface area contributed by atoms with Gasteiger partial charge < -0.3 is 19.9 Å². The number of amides is 2. The normalized spacial score (nSPS) is 14.0. The van der Waals surface area contributed by atoms with E-state index in [0.29, 0.717) is 26.2 Å². The number of hydrogen-bond acceptors (Lipinski definition) is 4. The molecule has 0 saturated carbocycles. The fourth-order valence-corrected chi connectivity index (χ4v) is 2.97.